The highest BCUT2D eigenvalue weighted by Gasteiger charge is 2.30. The Labute approximate surface area is 236 Å². The van der Waals surface area contributed by atoms with Crippen molar-refractivity contribution in [3.8, 4) is 5.75 Å². The van der Waals surface area contributed by atoms with Crippen LogP contribution in [0.15, 0.2) is 30.3 Å². The molecule has 0 aliphatic carbocycles. The number of hydrogen-bond acceptors (Lipinski definition) is 6. The van der Waals surface area contributed by atoms with Gasteiger partial charge < -0.3 is 19.7 Å². The second-order valence-corrected chi connectivity index (χ2v) is 10.9. The molecule has 1 amide bonds. The third-order valence-electron chi connectivity index (χ3n) is 8.30. The number of carbonyl (C=O) groups excluding carboxylic acids is 1. The number of rotatable bonds is 6. The predicted molar refractivity (Wildman–Crippen MR) is 150 cm³/mol. The van der Waals surface area contributed by atoms with E-state index in [1.54, 1.807) is 13.8 Å². The summed E-state index contributed by atoms with van der Waals surface area (Å²) < 4.78 is 53.2. The average molecular weight is 567 g/mol. The Kier molecular flexibility index (Phi) is 7.59. The molecule has 3 aliphatic rings. The van der Waals surface area contributed by atoms with Crippen LogP contribution in [-0.4, -0.2) is 53.7 Å². The summed E-state index contributed by atoms with van der Waals surface area (Å²) in [4.78, 5) is 24.3. The normalized spacial score (nSPS) is 18.3. The van der Waals surface area contributed by atoms with Gasteiger partial charge in [0.25, 0.3) is 6.43 Å². The molecule has 6 rings (SSSR count). The monoisotopic (exact) mass is 566 g/mol. The molecule has 4 heterocycles. The first-order valence-electron chi connectivity index (χ1n) is 14.2. The Balaban J connectivity index is 1.34. The van der Waals surface area contributed by atoms with Gasteiger partial charge in [0.15, 0.2) is 0 Å². The minimum atomic E-state index is -2.90. The molecule has 10 heteroatoms. The standard InChI is InChI=1S/C31H33F3N4O3/c1-17(21-4-3-5-22(26(21)32)29(33)34)35-30-25-16-24(28-23(10-15-41-28)27(25)36-18(2)37-30)19-6-11-38(12-7-19)31(39)20-8-13-40-14-9-20/h3-6,16-17,20,29H,7-15H2,1-2H3,(H,35,36,37)/t17-/m1/s1. The Bertz CT molecular complexity index is 1520. The Morgan fingerprint density at radius 1 is 1.12 bits per heavy atom. The van der Waals surface area contributed by atoms with E-state index in [2.05, 4.69) is 16.4 Å². The third-order valence-corrected chi connectivity index (χ3v) is 8.30. The van der Waals surface area contributed by atoms with E-state index >= 15 is 0 Å². The van der Waals surface area contributed by atoms with E-state index in [9.17, 15) is 18.0 Å². The van der Waals surface area contributed by atoms with Crippen LogP contribution in [0.2, 0.25) is 0 Å². The summed E-state index contributed by atoms with van der Waals surface area (Å²) in [5.74, 6) is 1.14. The van der Waals surface area contributed by atoms with Crippen LogP contribution >= 0.6 is 0 Å². The van der Waals surface area contributed by atoms with Gasteiger partial charge in [-0.1, -0.05) is 24.3 Å². The topological polar surface area (TPSA) is 76.6 Å². The van der Waals surface area contributed by atoms with Crippen LogP contribution in [0.25, 0.3) is 16.5 Å². The first-order valence-corrected chi connectivity index (χ1v) is 14.2. The van der Waals surface area contributed by atoms with E-state index in [0.717, 1.165) is 52.3 Å². The van der Waals surface area contributed by atoms with Crippen molar-refractivity contribution >= 4 is 28.2 Å². The number of halogens is 3. The van der Waals surface area contributed by atoms with Gasteiger partial charge in [-0.2, -0.15) is 0 Å². The Morgan fingerprint density at radius 3 is 2.63 bits per heavy atom. The molecule has 3 aromatic rings. The van der Waals surface area contributed by atoms with Crippen molar-refractivity contribution in [1.29, 1.82) is 0 Å². The van der Waals surface area contributed by atoms with Gasteiger partial charge in [-0.3, -0.25) is 4.79 Å². The van der Waals surface area contributed by atoms with Gasteiger partial charge in [-0.25, -0.2) is 23.1 Å². The molecule has 0 unspecified atom stereocenters. The van der Waals surface area contributed by atoms with Crippen LogP contribution in [-0.2, 0) is 16.0 Å². The van der Waals surface area contributed by atoms with Crippen LogP contribution in [0.4, 0.5) is 19.0 Å². The molecule has 0 spiro atoms. The number of nitrogens with one attached hydrogen (secondary N) is 1. The molecule has 1 aromatic heterocycles. The van der Waals surface area contributed by atoms with Gasteiger partial charge in [0.2, 0.25) is 5.91 Å². The largest absolute Gasteiger partial charge is 0.492 e. The van der Waals surface area contributed by atoms with Gasteiger partial charge in [0.1, 0.15) is 23.2 Å². The molecular weight excluding hydrogens is 533 g/mol. The maximum absolute atomic E-state index is 15.0. The number of nitrogens with zero attached hydrogens (tertiary/aromatic N) is 3. The van der Waals surface area contributed by atoms with E-state index in [0.29, 0.717) is 57.4 Å². The van der Waals surface area contributed by atoms with Crippen molar-refractivity contribution in [3.63, 3.8) is 0 Å². The molecule has 0 saturated carbocycles. The van der Waals surface area contributed by atoms with E-state index in [-0.39, 0.29) is 17.4 Å². The number of anilines is 1. The SMILES string of the molecule is Cc1nc(N[C@H](C)c2cccc(C(F)F)c2F)c2cc(C3=CCN(C(=O)C4CCOCC4)CC3)c3c(c2n1)CCO3. The number of hydrogen-bond donors (Lipinski definition) is 1. The molecule has 216 valence electrons. The summed E-state index contributed by atoms with van der Waals surface area (Å²) in [5, 5.41) is 4.03. The number of benzene rings is 2. The summed E-state index contributed by atoms with van der Waals surface area (Å²) in [5.41, 5.74) is 3.31. The molecular formula is C31H33F3N4O3. The third kappa shape index (κ3) is 5.25. The molecule has 3 aliphatic heterocycles. The minimum Gasteiger partial charge on any atom is -0.492 e. The van der Waals surface area contributed by atoms with Crippen LogP contribution in [0, 0.1) is 18.7 Å². The fourth-order valence-corrected chi connectivity index (χ4v) is 6.10. The maximum Gasteiger partial charge on any atom is 0.266 e. The van der Waals surface area contributed by atoms with Crippen LogP contribution < -0.4 is 10.1 Å². The molecule has 7 nitrogen and oxygen atoms in total. The van der Waals surface area contributed by atoms with Crippen LogP contribution in [0.5, 0.6) is 5.75 Å². The fourth-order valence-electron chi connectivity index (χ4n) is 6.10. The highest BCUT2D eigenvalue weighted by Crippen LogP contribution is 2.43. The van der Waals surface area contributed by atoms with Crippen molar-refractivity contribution in [3.05, 3.63) is 64.2 Å². The molecule has 41 heavy (non-hydrogen) atoms. The molecule has 0 bridgehead atoms. The number of alkyl halides is 2. The van der Waals surface area contributed by atoms with Crippen molar-refractivity contribution in [2.75, 3.05) is 38.2 Å². The number of carbonyl (C=O) groups is 1. The summed E-state index contributed by atoms with van der Waals surface area (Å²) in [6.07, 6.45) is 2.11. The van der Waals surface area contributed by atoms with Gasteiger partial charge >= 0.3 is 0 Å². The first-order chi connectivity index (χ1) is 19.8. The summed E-state index contributed by atoms with van der Waals surface area (Å²) in [7, 11) is 0. The van der Waals surface area contributed by atoms with Crippen molar-refractivity contribution in [2.45, 2.75) is 52.0 Å². The number of fused-ring (bicyclic) bond motifs is 3. The zero-order valence-electron chi connectivity index (χ0n) is 23.2. The van der Waals surface area contributed by atoms with Crippen LogP contribution in [0.1, 0.15) is 66.7 Å². The smallest absolute Gasteiger partial charge is 0.266 e. The summed E-state index contributed by atoms with van der Waals surface area (Å²) in [6.45, 7) is 6.47. The lowest BCUT2D eigenvalue weighted by Crippen LogP contribution is -2.40. The highest BCUT2D eigenvalue weighted by atomic mass is 19.3. The van der Waals surface area contributed by atoms with Gasteiger partial charge in [0, 0.05) is 60.7 Å². The molecule has 1 atom stereocenters. The van der Waals surface area contributed by atoms with E-state index < -0.39 is 23.8 Å². The lowest BCUT2D eigenvalue weighted by Gasteiger charge is -2.32. The van der Waals surface area contributed by atoms with Gasteiger partial charge in [-0.05, 0) is 44.7 Å². The molecule has 1 N–H and O–H groups in total. The van der Waals surface area contributed by atoms with E-state index in [4.69, 9.17) is 14.5 Å². The number of aryl methyl sites for hydroxylation is 1. The van der Waals surface area contributed by atoms with Gasteiger partial charge in [-0.15, -0.1) is 0 Å². The second-order valence-electron chi connectivity index (χ2n) is 10.9. The number of ether oxygens (including phenoxy) is 2. The zero-order valence-corrected chi connectivity index (χ0v) is 23.2. The highest BCUT2D eigenvalue weighted by molar-refractivity contribution is 5.97. The lowest BCUT2D eigenvalue weighted by molar-refractivity contribution is -0.138. The van der Waals surface area contributed by atoms with E-state index in [1.807, 2.05) is 11.0 Å². The average Bonchev–Trinajstić information content (AvgIpc) is 3.47. The molecule has 1 saturated heterocycles. The lowest BCUT2D eigenvalue weighted by atomic mass is 9.92. The number of aromatic nitrogens is 2. The van der Waals surface area contributed by atoms with E-state index in [1.165, 1.54) is 12.1 Å². The number of amides is 1. The first kappa shape index (κ1) is 27.5. The van der Waals surface area contributed by atoms with Crippen LogP contribution in [0.3, 0.4) is 0 Å². The maximum atomic E-state index is 15.0. The van der Waals surface area contributed by atoms with Crippen molar-refractivity contribution in [2.24, 2.45) is 5.92 Å². The molecule has 0 radical (unpaired) electrons. The summed E-state index contributed by atoms with van der Waals surface area (Å²) in [6, 6.07) is 5.42. The van der Waals surface area contributed by atoms with Crippen molar-refractivity contribution in [1.82, 2.24) is 14.9 Å². The predicted octanol–water partition coefficient (Wildman–Crippen LogP) is 6.17. The fraction of sp³-hybridized carbons (Fsp3) is 0.452. The Hall–Kier alpha value is -3.66. The minimum absolute atomic E-state index is 0.0224. The second kappa shape index (κ2) is 11.3. The summed E-state index contributed by atoms with van der Waals surface area (Å²) >= 11 is 0. The Morgan fingerprint density at radius 2 is 1.90 bits per heavy atom. The zero-order chi connectivity index (χ0) is 28.7. The molecule has 1 fully saturated rings. The van der Waals surface area contributed by atoms with Gasteiger partial charge in [0.05, 0.1) is 23.7 Å². The molecule has 2 aromatic carbocycles. The van der Waals surface area contributed by atoms with Crippen molar-refractivity contribution < 1.29 is 27.4 Å². The quantitative estimate of drug-likeness (QED) is 0.385.